The summed E-state index contributed by atoms with van der Waals surface area (Å²) in [5.74, 6) is 1.55. The van der Waals surface area contributed by atoms with Crippen LogP contribution in [0.25, 0.3) is 0 Å². The Morgan fingerprint density at radius 2 is 2.38 bits per heavy atom. The lowest BCUT2D eigenvalue weighted by Gasteiger charge is -2.24. The number of phenolic OH excluding ortho intramolecular Hbond substituents is 1. The Balaban J connectivity index is 2.27. The molecule has 1 heterocycles. The molecule has 1 unspecified atom stereocenters. The van der Waals surface area contributed by atoms with Crippen molar-refractivity contribution in [3.8, 4) is 11.5 Å². The van der Waals surface area contributed by atoms with Crippen molar-refractivity contribution in [1.29, 1.82) is 0 Å². The zero-order valence-corrected chi connectivity index (χ0v) is 7.36. The van der Waals surface area contributed by atoms with Crippen molar-refractivity contribution < 1.29 is 9.84 Å². The molecular weight excluding hydrogens is 166 g/mol. The fraction of sp³-hybridized carbons (Fsp3) is 0.400. The minimum absolute atomic E-state index is 0.292. The third-order valence-electron chi connectivity index (χ3n) is 2.36. The molecule has 1 aromatic rings. The molecule has 2 rings (SSSR count). The van der Waals surface area contributed by atoms with E-state index in [1.165, 1.54) is 0 Å². The Morgan fingerprint density at radius 3 is 3.15 bits per heavy atom. The van der Waals surface area contributed by atoms with Crippen LogP contribution >= 0.6 is 0 Å². The molecule has 1 aliphatic rings. The molecule has 70 valence electrons. The van der Waals surface area contributed by atoms with Crippen LogP contribution in [-0.2, 0) is 6.42 Å². The van der Waals surface area contributed by atoms with Gasteiger partial charge < -0.3 is 15.6 Å². The number of aromatic hydroxyl groups is 1. The van der Waals surface area contributed by atoms with Gasteiger partial charge in [-0.2, -0.15) is 0 Å². The smallest absolute Gasteiger partial charge is 0.122 e. The van der Waals surface area contributed by atoms with Gasteiger partial charge in [-0.25, -0.2) is 0 Å². The lowest BCUT2D eigenvalue weighted by Crippen LogP contribution is -2.27. The van der Waals surface area contributed by atoms with Crippen molar-refractivity contribution in [2.24, 2.45) is 11.7 Å². The summed E-state index contributed by atoms with van der Waals surface area (Å²) in [4.78, 5) is 0. The van der Waals surface area contributed by atoms with E-state index < -0.39 is 0 Å². The summed E-state index contributed by atoms with van der Waals surface area (Å²) in [5.41, 5.74) is 6.61. The monoisotopic (exact) mass is 179 g/mol. The van der Waals surface area contributed by atoms with Crippen LogP contribution in [0.1, 0.15) is 5.56 Å². The number of hydrogen-bond acceptors (Lipinski definition) is 3. The van der Waals surface area contributed by atoms with Crippen molar-refractivity contribution in [2.45, 2.75) is 6.42 Å². The molecule has 13 heavy (non-hydrogen) atoms. The average molecular weight is 179 g/mol. The van der Waals surface area contributed by atoms with Gasteiger partial charge in [-0.1, -0.05) is 0 Å². The van der Waals surface area contributed by atoms with Crippen LogP contribution in [-0.4, -0.2) is 18.3 Å². The first-order valence-corrected chi connectivity index (χ1v) is 4.44. The third-order valence-corrected chi connectivity index (χ3v) is 2.36. The van der Waals surface area contributed by atoms with Gasteiger partial charge in [0, 0.05) is 5.92 Å². The molecule has 3 heteroatoms. The van der Waals surface area contributed by atoms with Crippen molar-refractivity contribution >= 4 is 0 Å². The normalized spacial score (nSPS) is 20.5. The van der Waals surface area contributed by atoms with Crippen LogP contribution in [0.5, 0.6) is 11.5 Å². The zero-order chi connectivity index (χ0) is 9.26. The first kappa shape index (κ1) is 8.38. The van der Waals surface area contributed by atoms with Crippen molar-refractivity contribution in [2.75, 3.05) is 13.2 Å². The summed E-state index contributed by atoms with van der Waals surface area (Å²) < 4.78 is 5.49. The summed E-state index contributed by atoms with van der Waals surface area (Å²) >= 11 is 0. The van der Waals surface area contributed by atoms with Crippen LogP contribution in [0.4, 0.5) is 0 Å². The van der Waals surface area contributed by atoms with E-state index in [1.807, 2.05) is 0 Å². The minimum Gasteiger partial charge on any atom is -0.508 e. The molecule has 3 nitrogen and oxygen atoms in total. The standard InChI is InChI=1S/C10H13NO2/c11-5-7-3-8-4-9(12)1-2-10(8)13-6-7/h1-2,4,7,12H,3,5-6,11H2. The Labute approximate surface area is 77.1 Å². The first-order chi connectivity index (χ1) is 6.29. The van der Waals surface area contributed by atoms with E-state index in [4.69, 9.17) is 10.5 Å². The van der Waals surface area contributed by atoms with E-state index in [9.17, 15) is 5.11 Å². The summed E-state index contributed by atoms with van der Waals surface area (Å²) in [6.45, 7) is 1.32. The lowest BCUT2D eigenvalue weighted by atomic mass is 9.97. The van der Waals surface area contributed by atoms with Crippen molar-refractivity contribution in [1.82, 2.24) is 0 Å². The number of ether oxygens (including phenoxy) is 1. The highest BCUT2D eigenvalue weighted by Crippen LogP contribution is 2.29. The SMILES string of the molecule is NCC1COc2ccc(O)cc2C1. The molecule has 0 bridgehead atoms. The van der Waals surface area contributed by atoms with Crippen LogP contribution in [0, 0.1) is 5.92 Å². The summed E-state index contributed by atoms with van der Waals surface area (Å²) in [5, 5.41) is 9.26. The van der Waals surface area contributed by atoms with Gasteiger partial charge in [0.15, 0.2) is 0 Å². The fourth-order valence-corrected chi connectivity index (χ4v) is 1.60. The number of fused-ring (bicyclic) bond motifs is 1. The molecule has 1 aromatic carbocycles. The maximum Gasteiger partial charge on any atom is 0.122 e. The van der Waals surface area contributed by atoms with Gasteiger partial charge in [0.1, 0.15) is 11.5 Å². The molecule has 0 saturated heterocycles. The van der Waals surface area contributed by atoms with E-state index in [1.54, 1.807) is 18.2 Å². The maximum atomic E-state index is 9.26. The van der Waals surface area contributed by atoms with Gasteiger partial charge in [-0.3, -0.25) is 0 Å². The molecule has 0 fully saturated rings. The Kier molecular flexibility index (Phi) is 2.10. The summed E-state index contributed by atoms with van der Waals surface area (Å²) in [7, 11) is 0. The van der Waals surface area contributed by atoms with E-state index in [2.05, 4.69) is 0 Å². The van der Waals surface area contributed by atoms with Gasteiger partial charge in [0.05, 0.1) is 6.61 Å². The van der Waals surface area contributed by atoms with Crippen LogP contribution < -0.4 is 10.5 Å². The summed E-state index contributed by atoms with van der Waals surface area (Å²) in [6, 6.07) is 5.19. The van der Waals surface area contributed by atoms with Crippen molar-refractivity contribution in [3.05, 3.63) is 23.8 Å². The molecule has 1 atom stereocenters. The van der Waals surface area contributed by atoms with E-state index >= 15 is 0 Å². The van der Waals surface area contributed by atoms with Crippen molar-refractivity contribution in [3.63, 3.8) is 0 Å². The second-order valence-electron chi connectivity index (χ2n) is 3.41. The van der Waals surface area contributed by atoms with E-state index in [-0.39, 0.29) is 0 Å². The predicted octanol–water partition coefficient (Wildman–Crippen LogP) is 0.902. The number of hydrogen-bond donors (Lipinski definition) is 2. The summed E-state index contributed by atoms with van der Waals surface area (Å²) in [6.07, 6.45) is 0.903. The molecule has 0 amide bonds. The largest absolute Gasteiger partial charge is 0.508 e. The quantitative estimate of drug-likeness (QED) is 0.673. The average Bonchev–Trinajstić information content (AvgIpc) is 2.16. The number of phenols is 1. The fourth-order valence-electron chi connectivity index (χ4n) is 1.60. The molecule has 3 N–H and O–H groups in total. The Bertz CT molecular complexity index is 312. The minimum atomic E-state index is 0.292. The van der Waals surface area contributed by atoms with Gasteiger partial charge in [0.2, 0.25) is 0 Å². The number of nitrogens with two attached hydrogens (primary N) is 1. The molecule has 0 aromatic heterocycles. The van der Waals surface area contributed by atoms with Gasteiger partial charge in [0.25, 0.3) is 0 Å². The second kappa shape index (κ2) is 3.26. The third kappa shape index (κ3) is 1.60. The van der Waals surface area contributed by atoms with Gasteiger partial charge >= 0.3 is 0 Å². The highest BCUT2D eigenvalue weighted by molar-refractivity contribution is 5.40. The predicted molar refractivity (Wildman–Crippen MR) is 49.9 cm³/mol. The van der Waals surface area contributed by atoms with Gasteiger partial charge in [-0.15, -0.1) is 0 Å². The van der Waals surface area contributed by atoms with E-state index in [0.717, 1.165) is 17.7 Å². The van der Waals surface area contributed by atoms with E-state index in [0.29, 0.717) is 24.8 Å². The Morgan fingerprint density at radius 1 is 1.54 bits per heavy atom. The highest BCUT2D eigenvalue weighted by atomic mass is 16.5. The molecule has 0 aliphatic carbocycles. The van der Waals surface area contributed by atoms with Gasteiger partial charge in [-0.05, 0) is 36.7 Å². The number of rotatable bonds is 1. The topological polar surface area (TPSA) is 55.5 Å². The highest BCUT2D eigenvalue weighted by Gasteiger charge is 2.18. The zero-order valence-electron chi connectivity index (χ0n) is 7.36. The van der Waals surface area contributed by atoms with Crippen LogP contribution in [0.3, 0.4) is 0 Å². The van der Waals surface area contributed by atoms with Crippen LogP contribution in [0.2, 0.25) is 0 Å². The molecule has 0 saturated carbocycles. The molecule has 0 spiro atoms. The molecule has 1 aliphatic heterocycles. The second-order valence-corrected chi connectivity index (χ2v) is 3.41. The lowest BCUT2D eigenvalue weighted by molar-refractivity contribution is 0.226. The maximum absolute atomic E-state index is 9.26. The number of benzene rings is 1. The van der Waals surface area contributed by atoms with Crippen LogP contribution in [0.15, 0.2) is 18.2 Å². The Hall–Kier alpha value is -1.22. The first-order valence-electron chi connectivity index (χ1n) is 4.44. The molecular formula is C10H13NO2. The molecule has 0 radical (unpaired) electrons.